The van der Waals surface area contributed by atoms with E-state index in [1.54, 1.807) is 6.08 Å². The van der Waals surface area contributed by atoms with Gasteiger partial charge < -0.3 is 0 Å². The first-order chi connectivity index (χ1) is 3.91. The largest absolute Gasteiger partial charge is 0.0991 e. The highest BCUT2D eigenvalue weighted by Crippen LogP contribution is 1.80. The van der Waals surface area contributed by atoms with Crippen LogP contribution in [-0.2, 0) is 0 Å². The smallest absolute Gasteiger partial charge is 0.0347 e. The summed E-state index contributed by atoms with van der Waals surface area (Å²) < 4.78 is 0. The Kier molecular flexibility index (Phi) is 5.61. The van der Waals surface area contributed by atoms with Gasteiger partial charge in [-0.2, -0.15) is 0 Å². The molecule has 0 bridgehead atoms. The Balaban J connectivity index is 3.26. The van der Waals surface area contributed by atoms with Crippen LogP contribution >= 0.6 is 0 Å². The van der Waals surface area contributed by atoms with E-state index in [0.29, 0.717) is 0 Å². The molecule has 0 saturated heterocycles. The molecule has 0 aliphatic heterocycles. The Hall–Kier alpha value is -0.780. The van der Waals surface area contributed by atoms with E-state index in [-0.39, 0.29) is 0 Å². The molecule has 0 fully saturated rings. The van der Waals surface area contributed by atoms with Gasteiger partial charge in [-0.05, 0) is 13.3 Å². The Morgan fingerprint density at radius 3 is 2.38 bits per heavy atom. The molecule has 0 aromatic heterocycles. The third kappa shape index (κ3) is 5.22. The first-order valence-corrected chi connectivity index (χ1v) is 2.65. The van der Waals surface area contributed by atoms with E-state index < -0.39 is 0 Å². The van der Waals surface area contributed by atoms with Crippen molar-refractivity contribution in [3.05, 3.63) is 43.9 Å². The van der Waals surface area contributed by atoms with Crippen LogP contribution in [0.1, 0.15) is 6.42 Å². The lowest BCUT2D eigenvalue weighted by Crippen LogP contribution is -1.50. The lowest BCUT2D eigenvalue weighted by molar-refractivity contribution is 1.40. The molecule has 0 heteroatoms. The van der Waals surface area contributed by atoms with Gasteiger partial charge >= 0.3 is 0 Å². The first-order valence-electron chi connectivity index (χ1n) is 2.65. The number of hydrogen-bond acceptors (Lipinski definition) is 0. The molecular formula is C8H11. The summed E-state index contributed by atoms with van der Waals surface area (Å²) in [7, 11) is 0. The molecule has 0 aromatic carbocycles. The van der Waals surface area contributed by atoms with Crippen molar-refractivity contribution in [2.45, 2.75) is 6.42 Å². The van der Waals surface area contributed by atoms with Crippen LogP contribution in [0, 0.1) is 6.92 Å². The van der Waals surface area contributed by atoms with Crippen LogP contribution in [0.2, 0.25) is 0 Å². The van der Waals surface area contributed by atoms with Crippen molar-refractivity contribution in [1.29, 1.82) is 0 Å². The summed E-state index contributed by atoms with van der Waals surface area (Å²) in [6.07, 6.45) is 10.3. The zero-order chi connectivity index (χ0) is 6.24. The van der Waals surface area contributed by atoms with Crippen molar-refractivity contribution in [3.8, 4) is 0 Å². The van der Waals surface area contributed by atoms with E-state index in [2.05, 4.69) is 13.5 Å². The highest BCUT2D eigenvalue weighted by Gasteiger charge is 1.59. The van der Waals surface area contributed by atoms with E-state index >= 15 is 0 Å². The fourth-order valence-electron chi connectivity index (χ4n) is 0.318. The molecule has 0 N–H and O–H groups in total. The van der Waals surface area contributed by atoms with Crippen molar-refractivity contribution in [2.75, 3.05) is 0 Å². The zero-order valence-electron chi connectivity index (χ0n) is 5.01. The van der Waals surface area contributed by atoms with Crippen LogP contribution in [0.4, 0.5) is 0 Å². The number of rotatable bonds is 3. The summed E-state index contributed by atoms with van der Waals surface area (Å²) in [6.45, 7) is 7.16. The molecule has 0 aliphatic rings. The molecule has 0 unspecified atom stereocenters. The lowest BCUT2D eigenvalue weighted by atomic mass is 10.4. The molecule has 0 saturated carbocycles. The zero-order valence-corrected chi connectivity index (χ0v) is 5.01. The molecule has 0 spiro atoms. The van der Waals surface area contributed by atoms with Crippen molar-refractivity contribution < 1.29 is 0 Å². The molecule has 43 valence electrons. The molecule has 8 heavy (non-hydrogen) atoms. The second kappa shape index (κ2) is 6.22. The third-order valence-electron chi connectivity index (χ3n) is 0.661. The summed E-state index contributed by atoms with van der Waals surface area (Å²) >= 11 is 0. The predicted octanol–water partition coefficient (Wildman–Crippen LogP) is 2.51. The summed E-state index contributed by atoms with van der Waals surface area (Å²) in [4.78, 5) is 0. The molecule has 0 rings (SSSR count). The molecule has 1 radical (unpaired) electrons. The maximum Gasteiger partial charge on any atom is -0.0347 e. The molecule has 0 atom stereocenters. The first kappa shape index (κ1) is 7.22. The summed E-state index contributed by atoms with van der Waals surface area (Å²) in [6, 6.07) is 0. The van der Waals surface area contributed by atoms with Gasteiger partial charge in [-0.15, -0.1) is 0 Å². The number of allylic oxidation sites excluding steroid dienone is 5. The van der Waals surface area contributed by atoms with Crippen molar-refractivity contribution in [2.24, 2.45) is 0 Å². The fraction of sp³-hybridized carbons (Fsp3) is 0.125. The van der Waals surface area contributed by atoms with Gasteiger partial charge in [-0.25, -0.2) is 0 Å². The van der Waals surface area contributed by atoms with Crippen LogP contribution in [0.25, 0.3) is 0 Å². The van der Waals surface area contributed by atoms with E-state index in [1.165, 1.54) is 0 Å². The fourth-order valence-corrected chi connectivity index (χ4v) is 0.318. The third-order valence-corrected chi connectivity index (χ3v) is 0.661. The highest BCUT2D eigenvalue weighted by molar-refractivity contribution is 5.08. The van der Waals surface area contributed by atoms with Crippen molar-refractivity contribution in [3.63, 3.8) is 0 Å². The standard InChI is InChI=1S/C8H11/c1-3-5-7-8-6-4-2/h3,5-8H,1-2,4H2/b7-5+,8-6+. The maximum absolute atomic E-state index is 3.64. The Labute approximate surface area is 51.2 Å². The minimum Gasteiger partial charge on any atom is -0.0991 e. The second-order valence-electron chi connectivity index (χ2n) is 1.34. The van der Waals surface area contributed by atoms with Gasteiger partial charge in [0.2, 0.25) is 0 Å². The average Bonchev–Trinajstić information content (AvgIpc) is 1.81. The van der Waals surface area contributed by atoms with Gasteiger partial charge in [0.25, 0.3) is 0 Å². The van der Waals surface area contributed by atoms with Crippen LogP contribution in [-0.4, -0.2) is 0 Å². The quantitative estimate of drug-likeness (QED) is 0.486. The molecule has 0 nitrogen and oxygen atoms in total. The Bertz CT molecular complexity index is 96.6. The molecular weight excluding hydrogens is 96.1 g/mol. The normalized spacial score (nSPS) is 11.1. The highest BCUT2D eigenvalue weighted by atomic mass is 13.7. The van der Waals surface area contributed by atoms with Gasteiger partial charge in [0, 0.05) is 0 Å². The maximum atomic E-state index is 3.64. The van der Waals surface area contributed by atoms with Crippen molar-refractivity contribution >= 4 is 0 Å². The predicted molar refractivity (Wildman–Crippen MR) is 38.5 cm³/mol. The molecule has 0 heterocycles. The molecule has 0 aliphatic carbocycles. The monoisotopic (exact) mass is 107 g/mol. The van der Waals surface area contributed by atoms with Crippen molar-refractivity contribution in [1.82, 2.24) is 0 Å². The second-order valence-corrected chi connectivity index (χ2v) is 1.34. The minimum atomic E-state index is 0.849. The summed E-state index contributed by atoms with van der Waals surface area (Å²) in [5.41, 5.74) is 0. The van der Waals surface area contributed by atoms with Crippen LogP contribution in [0.5, 0.6) is 0 Å². The summed E-state index contributed by atoms with van der Waals surface area (Å²) in [5.74, 6) is 0. The van der Waals surface area contributed by atoms with Gasteiger partial charge in [0.05, 0.1) is 0 Å². The van der Waals surface area contributed by atoms with Crippen LogP contribution in [0.3, 0.4) is 0 Å². The SMILES string of the molecule is [CH2]C/C=C/C=C/C=C. The molecule has 0 aromatic rings. The minimum absolute atomic E-state index is 0.849. The van der Waals surface area contributed by atoms with E-state index in [0.717, 1.165) is 6.42 Å². The molecule has 0 amide bonds. The van der Waals surface area contributed by atoms with Gasteiger partial charge in [-0.1, -0.05) is 37.0 Å². The average molecular weight is 107 g/mol. The number of hydrogen-bond donors (Lipinski definition) is 0. The van der Waals surface area contributed by atoms with E-state index in [9.17, 15) is 0 Å². The van der Waals surface area contributed by atoms with Gasteiger partial charge in [-0.3, -0.25) is 0 Å². The van der Waals surface area contributed by atoms with Gasteiger partial charge in [0.1, 0.15) is 0 Å². The van der Waals surface area contributed by atoms with Crippen LogP contribution < -0.4 is 0 Å². The summed E-state index contributed by atoms with van der Waals surface area (Å²) in [5, 5.41) is 0. The van der Waals surface area contributed by atoms with E-state index in [1.807, 2.05) is 24.3 Å². The Morgan fingerprint density at radius 2 is 1.88 bits per heavy atom. The Morgan fingerprint density at radius 1 is 1.12 bits per heavy atom. The topological polar surface area (TPSA) is 0 Å². The lowest BCUT2D eigenvalue weighted by Gasteiger charge is -1.71. The van der Waals surface area contributed by atoms with Gasteiger partial charge in [0.15, 0.2) is 0 Å². The van der Waals surface area contributed by atoms with E-state index in [4.69, 9.17) is 0 Å². The van der Waals surface area contributed by atoms with Crippen LogP contribution in [0.15, 0.2) is 37.0 Å².